The minimum absolute atomic E-state index is 0.0810. The summed E-state index contributed by atoms with van der Waals surface area (Å²) in [6, 6.07) is 9.38. The maximum Gasteiger partial charge on any atom is 0.234 e. The highest BCUT2D eigenvalue weighted by Crippen LogP contribution is 2.13. The molecule has 112 valence electrons. The molecule has 0 unspecified atom stereocenters. The smallest absolute Gasteiger partial charge is 0.234 e. The van der Waals surface area contributed by atoms with Gasteiger partial charge in [-0.3, -0.25) is 4.79 Å². The van der Waals surface area contributed by atoms with Crippen LogP contribution in [0.25, 0.3) is 0 Å². The summed E-state index contributed by atoms with van der Waals surface area (Å²) >= 11 is 6.66. The van der Waals surface area contributed by atoms with Crippen LogP contribution >= 0.6 is 24.0 Å². The summed E-state index contributed by atoms with van der Waals surface area (Å²) in [7, 11) is 0. The molecule has 1 amide bonds. The van der Waals surface area contributed by atoms with Gasteiger partial charge in [0.15, 0.2) is 0 Å². The van der Waals surface area contributed by atoms with Crippen molar-refractivity contribution in [3.8, 4) is 6.07 Å². The molecule has 0 aliphatic rings. The minimum atomic E-state index is -0.0810. The fourth-order valence-corrected chi connectivity index (χ4v) is 2.90. The van der Waals surface area contributed by atoms with Gasteiger partial charge in [-0.25, -0.2) is 0 Å². The van der Waals surface area contributed by atoms with Crippen molar-refractivity contribution < 1.29 is 4.79 Å². The number of hydrogen-bond acceptors (Lipinski definition) is 4. The van der Waals surface area contributed by atoms with Crippen LogP contribution in [0, 0.1) is 11.3 Å². The molecule has 0 fully saturated rings. The molecule has 21 heavy (non-hydrogen) atoms. The zero-order valence-corrected chi connectivity index (χ0v) is 13.9. The SMILES string of the molecule is CCN(CC)C(=S)SCC(=O)Nc1ccc(CC#N)cc1. The molecule has 0 bridgehead atoms. The zero-order chi connectivity index (χ0) is 15.7. The number of carbonyl (C=O) groups excluding carboxylic acids is 1. The Morgan fingerprint density at radius 2 is 1.95 bits per heavy atom. The summed E-state index contributed by atoms with van der Waals surface area (Å²) in [6.45, 7) is 5.78. The first-order valence-corrected chi connectivity index (χ1v) is 8.17. The highest BCUT2D eigenvalue weighted by atomic mass is 32.2. The number of thioether (sulfide) groups is 1. The fourth-order valence-electron chi connectivity index (χ4n) is 1.69. The van der Waals surface area contributed by atoms with Crippen molar-refractivity contribution in [1.82, 2.24) is 4.90 Å². The van der Waals surface area contributed by atoms with Gasteiger partial charge >= 0.3 is 0 Å². The van der Waals surface area contributed by atoms with Gasteiger partial charge in [0.2, 0.25) is 5.91 Å². The molecule has 0 spiro atoms. The van der Waals surface area contributed by atoms with Crippen molar-refractivity contribution in [3.63, 3.8) is 0 Å². The second-order valence-corrected chi connectivity index (χ2v) is 5.92. The number of nitrogens with one attached hydrogen (secondary N) is 1. The molecule has 1 aromatic rings. The Labute approximate surface area is 135 Å². The van der Waals surface area contributed by atoms with Crippen molar-refractivity contribution in [2.45, 2.75) is 20.3 Å². The van der Waals surface area contributed by atoms with Gasteiger partial charge < -0.3 is 10.2 Å². The lowest BCUT2D eigenvalue weighted by Crippen LogP contribution is -2.28. The Hall–Kier alpha value is -1.58. The average molecular weight is 321 g/mol. The number of hydrogen-bond donors (Lipinski definition) is 1. The third-order valence-electron chi connectivity index (χ3n) is 2.87. The molecule has 1 N–H and O–H groups in total. The van der Waals surface area contributed by atoms with Crippen LogP contribution in [0.5, 0.6) is 0 Å². The maximum atomic E-state index is 11.9. The Bertz CT molecular complexity index is 519. The first-order valence-electron chi connectivity index (χ1n) is 6.78. The van der Waals surface area contributed by atoms with Gasteiger partial charge in [-0.05, 0) is 31.5 Å². The van der Waals surface area contributed by atoms with Crippen LogP contribution in [-0.2, 0) is 11.2 Å². The summed E-state index contributed by atoms with van der Waals surface area (Å²) in [5.74, 6) is 0.220. The molecule has 0 saturated carbocycles. The molecule has 0 saturated heterocycles. The molecule has 1 rings (SSSR count). The largest absolute Gasteiger partial charge is 0.358 e. The average Bonchev–Trinajstić information content (AvgIpc) is 2.49. The van der Waals surface area contributed by atoms with Gasteiger partial charge in [0.25, 0.3) is 0 Å². The standard InChI is InChI=1S/C15H19N3OS2/c1-3-18(4-2)15(20)21-11-14(19)17-13-7-5-12(6-8-13)9-10-16/h5-8H,3-4,9,11H2,1-2H3,(H,17,19). The second kappa shape index (κ2) is 9.37. The van der Waals surface area contributed by atoms with Gasteiger partial charge in [-0.15, -0.1) is 0 Å². The van der Waals surface area contributed by atoms with Crippen LogP contribution in [0.15, 0.2) is 24.3 Å². The zero-order valence-electron chi connectivity index (χ0n) is 12.3. The molecule has 4 nitrogen and oxygen atoms in total. The number of thiocarbonyl (C=S) groups is 1. The van der Waals surface area contributed by atoms with E-state index in [0.717, 1.165) is 28.7 Å². The quantitative estimate of drug-likeness (QED) is 0.816. The van der Waals surface area contributed by atoms with E-state index in [0.29, 0.717) is 12.2 Å². The van der Waals surface area contributed by atoms with Gasteiger partial charge in [-0.1, -0.05) is 36.1 Å². The summed E-state index contributed by atoms with van der Waals surface area (Å²) in [6.07, 6.45) is 0.377. The number of anilines is 1. The van der Waals surface area contributed by atoms with E-state index in [1.54, 1.807) is 12.1 Å². The molecule has 6 heteroatoms. The van der Waals surface area contributed by atoms with E-state index in [9.17, 15) is 4.79 Å². The minimum Gasteiger partial charge on any atom is -0.358 e. The van der Waals surface area contributed by atoms with Gasteiger partial charge in [0, 0.05) is 18.8 Å². The van der Waals surface area contributed by atoms with Crippen LogP contribution in [0.4, 0.5) is 5.69 Å². The molecule has 0 aliphatic heterocycles. The Balaban J connectivity index is 2.43. The van der Waals surface area contributed by atoms with E-state index < -0.39 is 0 Å². The Kier molecular flexibility index (Phi) is 7.80. The highest BCUT2D eigenvalue weighted by molar-refractivity contribution is 8.23. The number of benzene rings is 1. The number of rotatable bonds is 6. The lowest BCUT2D eigenvalue weighted by Gasteiger charge is -2.20. The maximum absolute atomic E-state index is 11.9. The van der Waals surface area contributed by atoms with Crippen LogP contribution in [0.2, 0.25) is 0 Å². The normalized spacial score (nSPS) is 9.76. The van der Waals surface area contributed by atoms with E-state index in [4.69, 9.17) is 17.5 Å². The summed E-state index contributed by atoms with van der Waals surface area (Å²) in [4.78, 5) is 13.9. The highest BCUT2D eigenvalue weighted by Gasteiger charge is 2.09. The monoisotopic (exact) mass is 321 g/mol. The molecule has 0 atom stereocenters. The third kappa shape index (κ3) is 6.15. The van der Waals surface area contributed by atoms with E-state index in [1.165, 1.54) is 11.8 Å². The summed E-state index contributed by atoms with van der Waals surface area (Å²) < 4.78 is 0.750. The number of carbonyl (C=O) groups is 1. The van der Waals surface area contributed by atoms with E-state index in [1.807, 2.05) is 30.9 Å². The molecular formula is C15H19N3OS2. The first kappa shape index (κ1) is 17.5. The van der Waals surface area contributed by atoms with Crippen molar-refractivity contribution in [2.75, 3.05) is 24.2 Å². The Morgan fingerprint density at radius 3 is 2.48 bits per heavy atom. The molecular weight excluding hydrogens is 302 g/mol. The predicted octanol–water partition coefficient (Wildman–Crippen LogP) is 3.05. The van der Waals surface area contributed by atoms with Crippen LogP contribution in [0.1, 0.15) is 19.4 Å². The van der Waals surface area contributed by atoms with Crippen molar-refractivity contribution in [3.05, 3.63) is 29.8 Å². The van der Waals surface area contributed by atoms with Gasteiger partial charge in [-0.2, -0.15) is 5.26 Å². The second-order valence-electron chi connectivity index (χ2n) is 4.31. The van der Waals surface area contributed by atoms with E-state index in [-0.39, 0.29) is 5.91 Å². The summed E-state index contributed by atoms with van der Waals surface area (Å²) in [5.41, 5.74) is 1.67. The topological polar surface area (TPSA) is 56.1 Å². The lowest BCUT2D eigenvalue weighted by atomic mass is 10.1. The van der Waals surface area contributed by atoms with Crippen molar-refractivity contribution in [2.24, 2.45) is 0 Å². The van der Waals surface area contributed by atoms with Crippen molar-refractivity contribution >= 4 is 39.9 Å². The molecule has 0 heterocycles. The molecule has 0 aliphatic carbocycles. The van der Waals surface area contributed by atoms with Gasteiger partial charge in [0.1, 0.15) is 4.32 Å². The first-order chi connectivity index (χ1) is 10.1. The number of amides is 1. The summed E-state index contributed by atoms with van der Waals surface area (Å²) in [5, 5.41) is 11.4. The van der Waals surface area contributed by atoms with E-state index in [2.05, 4.69) is 11.4 Å². The number of nitrogens with zero attached hydrogens (tertiary/aromatic N) is 2. The third-order valence-corrected chi connectivity index (χ3v) is 4.39. The van der Waals surface area contributed by atoms with Crippen LogP contribution in [-0.4, -0.2) is 34.0 Å². The van der Waals surface area contributed by atoms with Crippen LogP contribution in [0.3, 0.4) is 0 Å². The lowest BCUT2D eigenvalue weighted by molar-refractivity contribution is -0.113. The van der Waals surface area contributed by atoms with Crippen molar-refractivity contribution in [1.29, 1.82) is 5.26 Å². The predicted molar refractivity (Wildman–Crippen MR) is 92.4 cm³/mol. The molecule has 0 radical (unpaired) electrons. The van der Waals surface area contributed by atoms with Gasteiger partial charge in [0.05, 0.1) is 18.2 Å². The number of nitriles is 1. The van der Waals surface area contributed by atoms with Crippen LogP contribution < -0.4 is 5.32 Å². The molecule has 1 aromatic carbocycles. The molecule has 0 aromatic heterocycles. The fraction of sp³-hybridized carbons (Fsp3) is 0.400. The Morgan fingerprint density at radius 1 is 1.33 bits per heavy atom. The van der Waals surface area contributed by atoms with E-state index >= 15 is 0 Å².